The molecule has 0 spiro atoms. The monoisotopic (exact) mass is 256 g/mol. The van der Waals surface area contributed by atoms with E-state index >= 15 is 0 Å². The van der Waals surface area contributed by atoms with E-state index in [-0.39, 0.29) is 0 Å². The van der Waals surface area contributed by atoms with Crippen LogP contribution in [-0.2, 0) is 4.74 Å². The molecule has 0 radical (unpaired) electrons. The van der Waals surface area contributed by atoms with Crippen molar-refractivity contribution in [2.45, 2.75) is 13.3 Å². The Bertz CT molecular complexity index is 341. The van der Waals surface area contributed by atoms with Crippen molar-refractivity contribution >= 4 is 5.96 Å². The van der Waals surface area contributed by atoms with Crippen LogP contribution in [0.15, 0.2) is 5.10 Å². The Kier molecular flexibility index (Phi) is 4.00. The molecule has 2 unspecified atom stereocenters. The number of nitrogens with zero attached hydrogens (tertiary/aromatic N) is 4. The summed E-state index contributed by atoms with van der Waals surface area (Å²) in [5, 5.41) is 13.5. The highest BCUT2D eigenvalue weighted by Crippen LogP contribution is 2.19. The molecule has 0 aliphatic carbocycles. The number of hydrogen-bond acceptors (Lipinski definition) is 3. The lowest BCUT2D eigenvalue weighted by molar-refractivity contribution is -0.486. The minimum Gasteiger partial charge on any atom is -0.381 e. The fourth-order valence-corrected chi connectivity index (χ4v) is 2.71. The molecule has 2 saturated heterocycles. The Morgan fingerprint density at radius 2 is 2.33 bits per heavy atom. The molecule has 0 N–H and O–H groups in total. The van der Waals surface area contributed by atoms with Crippen LogP contribution in [0.25, 0.3) is 0 Å². The van der Waals surface area contributed by atoms with Gasteiger partial charge in [0.1, 0.15) is 5.10 Å². The van der Waals surface area contributed by atoms with Crippen LogP contribution in [0.5, 0.6) is 0 Å². The minimum atomic E-state index is -0.611. The second kappa shape index (κ2) is 5.51. The molecule has 2 atom stereocenters. The van der Waals surface area contributed by atoms with Crippen LogP contribution in [0.3, 0.4) is 0 Å². The zero-order valence-corrected chi connectivity index (χ0v) is 10.9. The molecule has 2 heterocycles. The van der Waals surface area contributed by atoms with Gasteiger partial charge in [-0.25, -0.2) is 10.1 Å². The molecular formula is C11H20N4O3. The number of hydrogen-bond donors (Lipinski definition) is 0. The third-order valence-electron chi connectivity index (χ3n) is 3.42. The fraction of sp³-hybridized carbons (Fsp3) is 0.909. The fourth-order valence-electron chi connectivity index (χ4n) is 2.71. The van der Waals surface area contributed by atoms with Crippen LogP contribution in [0.1, 0.15) is 13.3 Å². The molecule has 0 aromatic heterocycles. The number of ether oxygens (including phenoxy) is 1. The van der Waals surface area contributed by atoms with Crippen LogP contribution in [0.4, 0.5) is 0 Å². The van der Waals surface area contributed by atoms with E-state index in [0.717, 1.165) is 39.3 Å². The quantitative estimate of drug-likeness (QED) is 0.541. The molecule has 2 aliphatic rings. The van der Waals surface area contributed by atoms with E-state index < -0.39 is 5.03 Å². The average molecular weight is 256 g/mol. The summed E-state index contributed by atoms with van der Waals surface area (Å²) in [4.78, 5) is 14.5. The molecule has 7 heteroatoms. The lowest BCUT2D eigenvalue weighted by Crippen LogP contribution is -2.53. The summed E-state index contributed by atoms with van der Waals surface area (Å²) >= 11 is 0. The Labute approximate surface area is 107 Å². The van der Waals surface area contributed by atoms with E-state index in [0.29, 0.717) is 17.8 Å². The molecule has 0 aromatic carbocycles. The second-order valence-corrected chi connectivity index (χ2v) is 5.26. The molecular weight excluding hydrogens is 236 g/mol. The predicted molar refractivity (Wildman–Crippen MR) is 66.7 cm³/mol. The molecule has 2 aliphatic heterocycles. The Balaban J connectivity index is 2.08. The van der Waals surface area contributed by atoms with E-state index in [1.54, 1.807) is 0 Å². The van der Waals surface area contributed by atoms with Gasteiger partial charge in [-0.15, -0.1) is 0 Å². The van der Waals surface area contributed by atoms with E-state index in [9.17, 15) is 10.1 Å². The maximum atomic E-state index is 10.6. The lowest BCUT2D eigenvalue weighted by atomic mass is 10.1. The zero-order valence-electron chi connectivity index (χ0n) is 10.9. The smallest absolute Gasteiger partial charge is 0.273 e. The number of guanidine groups is 1. The second-order valence-electron chi connectivity index (χ2n) is 5.26. The first-order chi connectivity index (χ1) is 8.56. The van der Waals surface area contributed by atoms with Crippen molar-refractivity contribution in [1.29, 1.82) is 0 Å². The largest absolute Gasteiger partial charge is 0.381 e. The third kappa shape index (κ3) is 3.10. The van der Waals surface area contributed by atoms with Crippen molar-refractivity contribution in [2.24, 2.45) is 16.9 Å². The van der Waals surface area contributed by atoms with Crippen molar-refractivity contribution in [1.82, 2.24) is 9.80 Å². The van der Waals surface area contributed by atoms with Crippen LogP contribution < -0.4 is 0 Å². The van der Waals surface area contributed by atoms with Gasteiger partial charge in [-0.2, -0.15) is 0 Å². The summed E-state index contributed by atoms with van der Waals surface area (Å²) in [7, 11) is 1.86. The van der Waals surface area contributed by atoms with Crippen LogP contribution >= 0.6 is 0 Å². The molecule has 2 fully saturated rings. The van der Waals surface area contributed by atoms with E-state index in [1.165, 1.54) is 0 Å². The van der Waals surface area contributed by atoms with Crippen molar-refractivity contribution in [3.05, 3.63) is 10.1 Å². The van der Waals surface area contributed by atoms with Crippen LogP contribution in [-0.4, -0.2) is 60.7 Å². The first-order valence-corrected chi connectivity index (χ1v) is 6.33. The summed E-state index contributed by atoms with van der Waals surface area (Å²) in [6.45, 7) is 6.13. The van der Waals surface area contributed by atoms with Crippen LogP contribution in [0, 0.1) is 22.0 Å². The number of nitro groups is 1. The zero-order chi connectivity index (χ0) is 13.1. The minimum absolute atomic E-state index is 0.459. The first kappa shape index (κ1) is 13.1. The van der Waals surface area contributed by atoms with Gasteiger partial charge in [-0.05, 0) is 12.3 Å². The topological polar surface area (TPSA) is 71.2 Å². The number of hydrazone groups is 1. The van der Waals surface area contributed by atoms with Crippen molar-refractivity contribution in [3.63, 3.8) is 0 Å². The molecule has 2 rings (SSSR count). The predicted octanol–water partition coefficient (Wildman–Crippen LogP) is 0.454. The highest BCUT2D eigenvalue weighted by Gasteiger charge is 2.31. The van der Waals surface area contributed by atoms with Crippen molar-refractivity contribution in [3.8, 4) is 0 Å². The SMILES string of the molecule is CC1CN(C)C(=N[N+](=O)[O-])N(CC2CCOC2)C1. The van der Waals surface area contributed by atoms with Gasteiger partial charge in [0.05, 0.1) is 6.61 Å². The molecule has 0 aromatic rings. The Morgan fingerprint density at radius 3 is 2.94 bits per heavy atom. The normalized spacial score (nSPS) is 31.1. The lowest BCUT2D eigenvalue weighted by Gasteiger charge is -2.39. The molecule has 0 saturated carbocycles. The standard InChI is InChI=1S/C11H20N4O3/c1-9-5-13(2)11(12-15(16)17)14(6-9)7-10-3-4-18-8-10/h9-10H,3-8H2,1-2H3. The van der Waals surface area contributed by atoms with E-state index in [2.05, 4.69) is 12.0 Å². The Hall–Kier alpha value is -1.37. The maximum Gasteiger partial charge on any atom is 0.273 e. The maximum absolute atomic E-state index is 10.6. The summed E-state index contributed by atoms with van der Waals surface area (Å²) in [5.74, 6) is 1.42. The van der Waals surface area contributed by atoms with Gasteiger partial charge in [0.15, 0.2) is 5.03 Å². The highest BCUT2D eigenvalue weighted by atomic mass is 16.7. The van der Waals surface area contributed by atoms with Crippen molar-refractivity contribution in [2.75, 3.05) is 39.9 Å². The van der Waals surface area contributed by atoms with Gasteiger partial charge in [0, 0.05) is 39.2 Å². The summed E-state index contributed by atoms with van der Waals surface area (Å²) in [6, 6.07) is 0. The van der Waals surface area contributed by atoms with Gasteiger partial charge in [-0.1, -0.05) is 6.92 Å². The third-order valence-corrected chi connectivity index (χ3v) is 3.42. The van der Waals surface area contributed by atoms with Crippen molar-refractivity contribution < 1.29 is 9.77 Å². The summed E-state index contributed by atoms with van der Waals surface area (Å²) in [6.07, 6.45) is 1.03. The summed E-state index contributed by atoms with van der Waals surface area (Å²) in [5.41, 5.74) is 0. The van der Waals surface area contributed by atoms with Gasteiger partial charge in [-0.3, -0.25) is 0 Å². The average Bonchev–Trinajstić information content (AvgIpc) is 2.75. The molecule has 0 bridgehead atoms. The highest BCUT2D eigenvalue weighted by molar-refractivity contribution is 5.80. The molecule has 0 amide bonds. The van der Waals surface area contributed by atoms with Gasteiger partial charge in [0.2, 0.25) is 0 Å². The van der Waals surface area contributed by atoms with E-state index in [4.69, 9.17) is 4.74 Å². The molecule has 7 nitrogen and oxygen atoms in total. The van der Waals surface area contributed by atoms with Crippen LogP contribution in [0.2, 0.25) is 0 Å². The summed E-state index contributed by atoms with van der Waals surface area (Å²) < 4.78 is 5.35. The number of rotatable bonds is 3. The first-order valence-electron chi connectivity index (χ1n) is 6.33. The molecule has 102 valence electrons. The van der Waals surface area contributed by atoms with E-state index in [1.807, 2.05) is 16.8 Å². The Morgan fingerprint density at radius 1 is 1.56 bits per heavy atom. The van der Waals surface area contributed by atoms with Gasteiger partial charge in [0.25, 0.3) is 5.96 Å². The van der Waals surface area contributed by atoms with Gasteiger partial charge < -0.3 is 14.5 Å². The molecule has 18 heavy (non-hydrogen) atoms. The van der Waals surface area contributed by atoms with Gasteiger partial charge >= 0.3 is 0 Å².